The maximum Gasteiger partial charge on any atom is 0.337 e. The number of esters is 1. The van der Waals surface area contributed by atoms with Gasteiger partial charge in [-0.25, -0.2) is 4.79 Å². The average molecular weight is 406 g/mol. The van der Waals surface area contributed by atoms with Crippen molar-refractivity contribution in [1.29, 1.82) is 0 Å². The summed E-state index contributed by atoms with van der Waals surface area (Å²) in [6, 6.07) is 11.1. The molecule has 2 aromatic rings. The minimum absolute atomic E-state index is 0.00605. The summed E-state index contributed by atoms with van der Waals surface area (Å²) in [6.45, 7) is 0.442. The summed E-state index contributed by atoms with van der Waals surface area (Å²) in [4.78, 5) is 23.4. The van der Waals surface area contributed by atoms with Gasteiger partial charge in [-0.05, 0) is 41.6 Å². The van der Waals surface area contributed by atoms with Crippen LogP contribution in [0.5, 0.6) is 5.75 Å². The van der Waals surface area contributed by atoms with Crippen LogP contribution in [0.25, 0.3) is 11.1 Å². The molecule has 2 aromatic carbocycles. The van der Waals surface area contributed by atoms with Crippen molar-refractivity contribution in [3.05, 3.63) is 52.5 Å². The van der Waals surface area contributed by atoms with Gasteiger partial charge in [-0.2, -0.15) is 11.8 Å². The molecule has 3 rings (SSSR count). The van der Waals surface area contributed by atoms with E-state index in [1.54, 1.807) is 12.1 Å². The van der Waals surface area contributed by atoms with Crippen LogP contribution in [0.1, 0.15) is 15.9 Å². The van der Waals surface area contributed by atoms with E-state index in [-0.39, 0.29) is 18.0 Å². The lowest BCUT2D eigenvalue weighted by Gasteiger charge is -2.12. The van der Waals surface area contributed by atoms with Gasteiger partial charge in [0.2, 0.25) is 5.91 Å². The minimum atomic E-state index is -0.381. The standard InChI is InChI=1S/C20H20ClNO4S/c1-25-20(24)13-5-3-4-12(6-13)14-7-15-8-16(10-22-18(23)11-27-2)26-19(15)17(21)9-14/h3-7,9,16H,8,10-11H2,1-2H3,(H,22,23). The summed E-state index contributed by atoms with van der Waals surface area (Å²) in [5.74, 6) is 0.705. The Labute approximate surface area is 167 Å². The summed E-state index contributed by atoms with van der Waals surface area (Å²) in [5, 5.41) is 3.39. The molecule has 0 saturated heterocycles. The first-order valence-corrected chi connectivity index (χ1v) is 10.2. The van der Waals surface area contributed by atoms with Crippen molar-refractivity contribution in [2.45, 2.75) is 12.5 Å². The Morgan fingerprint density at radius 3 is 2.85 bits per heavy atom. The monoisotopic (exact) mass is 405 g/mol. The zero-order chi connectivity index (χ0) is 19.4. The van der Waals surface area contributed by atoms with Crippen molar-refractivity contribution in [1.82, 2.24) is 5.32 Å². The zero-order valence-electron chi connectivity index (χ0n) is 15.1. The predicted octanol–water partition coefficient (Wildman–Crippen LogP) is 3.58. The number of carbonyl (C=O) groups is 2. The molecule has 0 aliphatic carbocycles. The number of rotatable bonds is 6. The molecule has 1 heterocycles. The number of carbonyl (C=O) groups excluding carboxylic acids is 2. The summed E-state index contributed by atoms with van der Waals surface area (Å²) < 4.78 is 10.7. The number of benzene rings is 2. The van der Waals surface area contributed by atoms with E-state index in [1.807, 2.05) is 30.5 Å². The smallest absolute Gasteiger partial charge is 0.337 e. The molecule has 0 bridgehead atoms. The van der Waals surface area contributed by atoms with E-state index < -0.39 is 0 Å². The molecule has 0 saturated carbocycles. The van der Waals surface area contributed by atoms with Gasteiger partial charge >= 0.3 is 5.97 Å². The Morgan fingerprint density at radius 2 is 2.11 bits per heavy atom. The summed E-state index contributed by atoms with van der Waals surface area (Å²) in [7, 11) is 1.36. The highest BCUT2D eigenvalue weighted by atomic mass is 35.5. The van der Waals surface area contributed by atoms with E-state index in [4.69, 9.17) is 21.1 Å². The van der Waals surface area contributed by atoms with Gasteiger partial charge < -0.3 is 14.8 Å². The molecule has 0 spiro atoms. The second kappa shape index (κ2) is 8.67. The first-order valence-electron chi connectivity index (χ1n) is 8.45. The summed E-state index contributed by atoms with van der Waals surface area (Å²) in [5.41, 5.74) is 3.25. The van der Waals surface area contributed by atoms with Gasteiger partial charge in [0.05, 0.1) is 30.0 Å². The number of thioether (sulfide) groups is 1. The van der Waals surface area contributed by atoms with Crippen LogP contribution in [0.15, 0.2) is 36.4 Å². The van der Waals surface area contributed by atoms with E-state index in [0.717, 1.165) is 16.7 Å². The molecule has 1 unspecified atom stereocenters. The third kappa shape index (κ3) is 4.57. The van der Waals surface area contributed by atoms with E-state index in [0.29, 0.717) is 35.1 Å². The molecule has 0 radical (unpaired) electrons. The topological polar surface area (TPSA) is 64.6 Å². The number of methoxy groups -OCH3 is 1. The lowest BCUT2D eigenvalue weighted by atomic mass is 9.99. The van der Waals surface area contributed by atoms with Crippen LogP contribution in [0.3, 0.4) is 0 Å². The lowest BCUT2D eigenvalue weighted by Crippen LogP contribution is -2.35. The molecule has 5 nitrogen and oxygen atoms in total. The molecule has 27 heavy (non-hydrogen) atoms. The Bertz CT molecular complexity index is 871. The molecule has 1 atom stereocenters. The van der Waals surface area contributed by atoms with Crippen LogP contribution in [-0.2, 0) is 16.0 Å². The van der Waals surface area contributed by atoms with Crippen LogP contribution in [0.2, 0.25) is 5.02 Å². The summed E-state index contributed by atoms with van der Waals surface area (Å²) >= 11 is 7.90. The minimum Gasteiger partial charge on any atom is -0.486 e. The number of fused-ring (bicyclic) bond motifs is 1. The zero-order valence-corrected chi connectivity index (χ0v) is 16.7. The van der Waals surface area contributed by atoms with Crippen molar-refractivity contribution >= 4 is 35.2 Å². The summed E-state index contributed by atoms with van der Waals surface area (Å²) in [6.07, 6.45) is 2.41. The first kappa shape index (κ1) is 19.6. The van der Waals surface area contributed by atoms with Gasteiger partial charge in [-0.3, -0.25) is 4.79 Å². The predicted molar refractivity (Wildman–Crippen MR) is 108 cm³/mol. The van der Waals surface area contributed by atoms with E-state index in [2.05, 4.69) is 5.32 Å². The maximum absolute atomic E-state index is 11.8. The van der Waals surface area contributed by atoms with Gasteiger partial charge in [0.25, 0.3) is 0 Å². The Morgan fingerprint density at radius 1 is 1.30 bits per heavy atom. The number of hydrogen-bond acceptors (Lipinski definition) is 5. The van der Waals surface area contributed by atoms with Gasteiger partial charge in [0, 0.05) is 12.0 Å². The van der Waals surface area contributed by atoms with Crippen LogP contribution in [0, 0.1) is 0 Å². The lowest BCUT2D eigenvalue weighted by molar-refractivity contribution is -0.118. The van der Waals surface area contributed by atoms with E-state index >= 15 is 0 Å². The van der Waals surface area contributed by atoms with Crippen molar-refractivity contribution in [3.63, 3.8) is 0 Å². The molecule has 0 fully saturated rings. The number of ether oxygens (including phenoxy) is 2. The van der Waals surface area contributed by atoms with Crippen molar-refractivity contribution in [3.8, 4) is 16.9 Å². The molecule has 0 aromatic heterocycles. The quantitative estimate of drug-likeness (QED) is 0.744. The van der Waals surface area contributed by atoms with Crippen molar-refractivity contribution in [2.75, 3.05) is 25.7 Å². The van der Waals surface area contributed by atoms with E-state index in [9.17, 15) is 9.59 Å². The maximum atomic E-state index is 11.8. The molecule has 1 aliphatic heterocycles. The van der Waals surface area contributed by atoms with Crippen molar-refractivity contribution < 1.29 is 19.1 Å². The highest BCUT2D eigenvalue weighted by Gasteiger charge is 2.26. The molecular weight excluding hydrogens is 386 g/mol. The third-order valence-electron chi connectivity index (χ3n) is 4.27. The van der Waals surface area contributed by atoms with Crippen LogP contribution >= 0.6 is 23.4 Å². The highest BCUT2D eigenvalue weighted by molar-refractivity contribution is 7.99. The van der Waals surface area contributed by atoms with Gasteiger partial charge in [0.1, 0.15) is 11.9 Å². The fraction of sp³-hybridized carbons (Fsp3) is 0.300. The Balaban J connectivity index is 1.78. The molecule has 1 aliphatic rings. The Kier molecular flexibility index (Phi) is 6.29. The number of amides is 1. The number of nitrogens with one attached hydrogen (secondary N) is 1. The number of halogens is 1. The normalized spacial score (nSPS) is 15.0. The van der Waals surface area contributed by atoms with Gasteiger partial charge in [0.15, 0.2) is 0 Å². The van der Waals surface area contributed by atoms with Crippen LogP contribution in [-0.4, -0.2) is 43.6 Å². The van der Waals surface area contributed by atoms with Crippen molar-refractivity contribution in [2.24, 2.45) is 0 Å². The van der Waals surface area contributed by atoms with Crippen LogP contribution < -0.4 is 10.1 Å². The average Bonchev–Trinajstić information content (AvgIpc) is 3.10. The molecule has 7 heteroatoms. The second-order valence-electron chi connectivity index (χ2n) is 6.20. The molecule has 1 amide bonds. The first-order chi connectivity index (χ1) is 13.0. The Hall–Kier alpha value is -2.18. The fourth-order valence-electron chi connectivity index (χ4n) is 3.02. The van der Waals surface area contributed by atoms with Gasteiger partial charge in [-0.1, -0.05) is 23.7 Å². The molecular formula is C20H20ClNO4S. The van der Waals surface area contributed by atoms with E-state index in [1.165, 1.54) is 18.9 Å². The molecule has 142 valence electrons. The van der Waals surface area contributed by atoms with Crippen LogP contribution in [0.4, 0.5) is 0 Å². The van der Waals surface area contributed by atoms with Gasteiger partial charge in [-0.15, -0.1) is 0 Å². The SMILES string of the molecule is COC(=O)c1cccc(-c2cc(Cl)c3c(c2)CC(CNC(=O)CSC)O3)c1. The highest BCUT2D eigenvalue weighted by Crippen LogP contribution is 2.39. The second-order valence-corrected chi connectivity index (χ2v) is 7.47. The third-order valence-corrected chi connectivity index (χ3v) is 5.10. The number of hydrogen-bond donors (Lipinski definition) is 1. The largest absolute Gasteiger partial charge is 0.486 e. The molecule has 1 N–H and O–H groups in total. The fourth-order valence-corrected chi connectivity index (χ4v) is 3.67.